The lowest BCUT2D eigenvalue weighted by atomic mass is 10.2. The van der Waals surface area contributed by atoms with E-state index >= 15 is 0 Å². The third kappa shape index (κ3) is 6.94. The average Bonchev–Trinajstić information content (AvgIpc) is 2.43. The van der Waals surface area contributed by atoms with Crippen LogP contribution in [0.25, 0.3) is 6.08 Å². The molecule has 0 radical (unpaired) electrons. The Balaban J connectivity index is 2.31. The molecule has 0 aliphatic heterocycles. The van der Waals surface area contributed by atoms with E-state index in [1.54, 1.807) is 24.3 Å². The van der Waals surface area contributed by atoms with Crippen LogP contribution in [0.4, 0.5) is 0 Å². The van der Waals surface area contributed by atoms with Crippen LogP contribution < -0.4 is 5.32 Å². The van der Waals surface area contributed by atoms with Crippen LogP contribution in [0.5, 0.6) is 0 Å². The highest BCUT2D eigenvalue weighted by atomic mass is 35.5. The van der Waals surface area contributed by atoms with E-state index in [-0.39, 0.29) is 12.5 Å². The summed E-state index contributed by atoms with van der Waals surface area (Å²) in [6.07, 6.45) is 6.82. The Hall–Kier alpha value is -1.03. The average molecular weight is 316 g/mol. The van der Waals surface area contributed by atoms with Crippen molar-refractivity contribution in [2.75, 3.05) is 13.2 Å². The second-order valence-corrected chi connectivity index (χ2v) is 5.27. The second-order valence-electron chi connectivity index (χ2n) is 4.43. The van der Waals surface area contributed by atoms with Crippen molar-refractivity contribution in [2.45, 2.75) is 25.7 Å². The fraction of sp³-hybridized carbons (Fsp3) is 0.400. The highest BCUT2D eigenvalue weighted by Crippen LogP contribution is 2.21. The summed E-state index contributed by atoms with van der Waals surface area (Å²) < 4.78 is 0. The number of aliphatic hydroxyl groups excluding tert-OH is 1. The molecule has 0 aliphatic carbocycles. The molecule has 1 aromatic rings. The van der Waals surface area contributed by atoms with Gasteiger partial charge in [-0.15, -0.1) is 0 Å². The molecule has 1 aromatic carbocycles. The van der Waals surface area contributed by atoms with E-state index in [1.807, 2.05) is 0 Å². The standard InChI is InChI=1S/C15H19Cl2NO2/c16-13-6-7-14(17)12(11-13)5-8-15(20)18-9-3-1-2-4-10-19/h5-8,11,19H,1-4,9-10H2,(H,18,20)/b8-5+. The van der Waals surface area contributed by atoms with Gasteiger partial charge in [0.05, 0.1) is 0 Å². The van der Waals surface area contributed by atoms with Crippen LogP contribution in [0.15, 0.2) is 24.3 Å². The maximum atomic E-state index is 11.6. The molecule has 110 valence electrons. The zero-order valence-electron chi connectivity index (χ0n) is 11.2. The molecule has 0 unspecified atom stereocenters. The molecule has 0 saturated carbocycles. The number of aliphatic hydroxyl groups is 1. The smallest absolute Gasteiger partial charge is 0.243 e. The van der Waals surface area contributed by atoms with E-state index in [9.17, 15) is 4.79 Å². The number of carbonyl (C=O) groups excluding carboxylic acids is 1. The van der Waals surface area contributed by atoms with Crippen LogP contribution in [0, 0.1) is 0 Å². The van der Waals surface area contributed by atoms with Crippen LogP contribution in [0.3, 0.4) is 0 Å². The summed E-state index contributed by atoms with van der Waals surface area (Å²) in [6, 6.07) is 5.11. The normalized spacial score (nSPS) is 10.9. The zero-order chi connectivity index (χ0) is 14.8. The van der Waals surface area contributed by atoms with Crippen molar-refractivity contribution in [1.82, 2.24) is 5.32 Å². The molecule has 0 bridgehead atoms. The monoisotopic (exact) mass is 315 g/mol. The number of unbranched alkanes of at least 4 members (excludes halogenated alkanes) is 3. The van der Waals surface area contributed by atoms with Crippen LogP contribution in [0.1, 0.15) is 31.2 Å². The Labute approximate surface area is 129 Å². The van der Waals surface area contributed by atoms with E-state index < -0.39 is 0 Å². The topological polar surface area (TPSA) is 49.3 Å². The summed E-state index contributed by atoms with van der Waals surface area (Å²) in [5.74, 6) is -0.150. The maximum absolute atomic E-state index is 11.6. The summed E-state index contributed by atoms with van der Waals surface area (Å²) >= 11 is 11.9. The van der Waals surface area contributed by atoms with Crippen LogP contribution in [-0.4, -0.2) is 24.2 Å². The summed E-state index contributed by atoms with van der Waals surface area (Å²) in [5.41, 5.74) is 0.720. The van der Waals surface area contributed by atoms with E-state index in [0.29, 0.717) is 16.6 Å². The summed E-state index contributed by atoms with van der Waals surface area (Å²) in [5, 5.41) is 12.6. The fourth-order valence-electron chi connectivity index (χ4n) is 1.67. The van der Waals surface area contributed by atoms with Gasteiger partial charge >= 0.3 is 0 Å². The third-order valence-electron chi connectivity index (χ3n) is 2.76. The molecule has 0 saturated heterocycles. The molecule has 1 rings (SSSR count). The van der Waals surface area contributed by atoms with Gasteiger partial charge < -0.3 is 10.4 Å². The molecule has 20 heavy (non-hydrogen) atoms. The van der Waals surface area contributed by atoms with Crippen molar-refractivity contribution >= 4 is 35.2 Å². The van der Waals surface area contributed by atoms with Gasteiger partial charge in [0.2, 0.25) is 5.91 Å². The third-order valence-corrected chi connectivity index (χ3v) is 3.34. The highest BCUT2D eigenvalue weighted by Gasteiger charge is 1.99. The lowest BCUT2D eigenvalue weighted by Crippen LogP contribution is -2.21. The minimum absolute atomic E-state index is 0.150. The molecule has 3 nitrogen and oxygen atoms in total. The predicted molar refractivity (Wildman–Crippen MR) is 84.1 cm³/mol. The molecule has 0 aromatic heterocycles. The van der Waals surface area contributed by atoms with Gasteiger partial charge in [-0.3, -0.25) is 4.79 Å². The number of hydrogen-bond acceptors (Lipinski definition) is 2. The molecule has 0 aliphatic rings. The van der Waals surface area contributed by atoms with Gasteiger partial charge in [0.25, 0.3) is 0 Å². The molecule has 0 spiro atoms. The van der Waals surface area contributed by atoms with Gasteiger partial charge in [0, 0.05) is 29.3 Å². The first-order valence-electron chi connectivity index (χ1n) is 6.65. The molecule has 5 heteroatoms. The van der Waals surface area contributed by atoms with Crippen molar-refractivity contribution in [3.05, 3.63) is 39.9 Å². The Morgan fingerprint density at radius 3 is 2.70 bits per heavy atom. The minimum Gasteiger partial charge on any atom is -0.396 e. The van der Waals surface area contributed by atoms with Gasteiger partial charge in [-0.2, -0.15) is 0 Å². The summed E-state index contributed by atoms with van der Waals surface area (Å²) in [4.78, 5) is 11.6. The molecular formula is C15H19Cl2NO2. The Morgan fingerprint density at radius 1 is 1.20 bits per heavy atom. The number of hydrogen-bond donors (Lipinski definition) is 2. The predicted octanol–water partition coefficient (Wildman–Crippen LogP) is 3.68. The summed E-state index contributed by atoms with van der Waals surface area (Å²) in [6.45, 7) is 0.868. The number of benzene rings is 1. The first-order chi connectivity index (χ1) is 9.63. The van der Waals surface area contributed by atoms with Gasteiger partial charge in [-0.1, -0.05) is 36.0 Å². The second kappa shape index (κ2) is 9.81. The SMILES string of the molecule is O=C(/C=C/c1cc(Cl)ccc1Cl)NCCCCCCO. The maximum Gasteiger partial charge on any atom is 0.243 e. The van der Waals surface area contributed by atoms with Crippen molar-refractivity contribution < 1.29 is 9.90 Å². The number of rotatable bonds is 8. The Morgan fingerprint density at radius 2 is 1.95 bits per heavy atom. The van der Waals surface area contributed by atoms with E-state index in [0.717, 1.165) is 31.2 Å². The first-order valence-corrected chi connectivity index (χ1v) is 7.41. The van der Waals surface area contributed by atoms with E-state index in [1.165, 1.54) is 6.08 Å². The van der Waals surface area contributed by atoms with Crippen LogP contribution in [0.2, 0.25) is 10.0 Å². The molecule has 0 heterocycles. The lowest BCUT2D eigenvalue weighted by molar-refractivity contribution is -0.116. The summed E-state index contributed by atoms with van der Waals surface area (Å²) in [7, 11) is 0. The quantitative estimate of drug-likeness (QED) is 0.568. The molecule has 2 N–H and O–H groups in total. The van der Waals surface area contributed by atoms with Crippen LogP contribution >= 0.6 is 23.2 Å². The van der Waals surface area contributed by atoms with Crippen molar-refractivity contribution in [3.8, 4) is 0 Å². The number of carbonyl (C=O) groups is 1. The van der Waals surface area contributed by atoms with E-state index in [4.69, 9.17) is 28.3 Å². The first kappa shape index (κ1) is 17.0. The largest absolute Gasteiger partial charge is 0.396 e. The highest BCUT2D eigenvalue weighted by molar-refractivity contribution is 6.34. The Bertz CT molecular complexity index is 461. The van der Waals surface area contributed by atoms with Gasteiger partial charge in [-0.05, 0) is 42.7 Å². The number of nitrogens with one attached hydrogen (secondary N) is 1. The van der Waals surface area contributed by atoms with Crippen LogP contribution in [-0.2, 0) is 4.79 Å². The lowest BCUT2D eigenvalue weighted by Gasteiger charge is -2.02. The fourth-order valence-corrected chi connectivity index (χ4v) is 2.03. The van der Waals surface area contributed by atoms with Gasteiger partial charge in [-0.25, -0.2) is 0 Å². The van der Waals surface area contributed by atoms with Crippen molar-refractivity contribution in [2.24, 2.45) is 0 Å². The molecule has 0 fully saturated rings. The Kier molecular flexibility index (Phi) is 8.35. The minimum atomic E-state index is -0.150. The molecular weight excluding hydrogens is 297 g/mol. The number of amides is 1. The van der Waals surface area contributed by atoms with Gasteiger partial charge in [0.1, 0.15) is 0 Å². The number of halogens is 2. The van der Waals surface area contributed by atoms with Crippen molar-refractivity contribution in [1.29, 1.82) is 0 Å². The van der Waals surface area contributed by atoms with E-state index in [2.05, 4.69) is 5.32 Å². The zero-order valence-corrected chi connectivity index (χ0v) is 12.8. The van der Waals surface area contributed by atoms with Crippen molar-refractivity contribution in [3.63, 3.8) is 0 Å². The molecule has 1 amide bonds. The van der Waals surface area contributed by atoms with Gasteiger partial charge in [0.15, 0.2) is 0 Å². The molecule has 0 atom stereocenters.